The van der Waals surface area contributed by atoms with Gasteiger partial charge in [-0.15, -0.1) is 0 Å². The molecule has 1 aromatic heterocycles. The summed E-state index contributed by atoms with van der Waals surface area (Å²) in [7, 11) is 3.68. The molecule has 1 aliphatic rings. The van der Waals surface area contributed by atoms with Gasteiger partial charge in [0, 0.05) is 26.2 Å². The highest BCUT2D eigenvalue weighted by Crippen LogP contribution is 2.22. The van der Waals surface area contributed by atoms with Crippen molar-refractivity contribution in [3.8, 4) is 5.75 Å². The summed E-state index contributed by atoms with van der Waals surface area (Å²) in [6, 6.07) is 5.38. The van der Waals surface area contributed by atoms with Gasteiger partial charge in [0.05, 0.1) is 12.5 Å². The van der Waals surface area contributed by atoms with Gasteiger partial charge in [-0.25, -0.2) is 4.98 Å². The second kappa shape index (κ2) is 5.13. The first-order chi connectivity index (χ1) is 9.69. The van der Waals surface area contributed by atoms with Gasteiger partial charge in [0.15, 0.2) is 0 Å². The lowest BCUT2D eigenvalue weighted by atomic mass is 10.2. The number of rotatable bonds is 2. The van der Waals surface area contributed by atoms with Crippen LogP contribution in [0.4, 0.5) is 5.95 Å². The Kier molecular flexibility index (Phi) is 3.31. The third kappa shape index (κ3) is 2.22. The maximum atomic E-state index is 12.2. The summed E-state index contributed by atoms with van der Waals surface area (Å²) >= 11 is 0. The summed E-state index contributed by atoms with van der Waals surface area (Å²) in [5.41, 5.74) is 0.496. The van der Waals surface area contributed by atoms with Gasteiger partial charge >= 0.3 is 0 Å². The molecule has 0 spiro atoms. The van der Waals surface area contributed by atoms with E-state index in [0.717, 1.165) is 26.2 Å². The fourth-order valence-electron chi connectivity index (χ4n) is 2.46. The molecular weight excluding hydrogens is 256 g/mol. The van der Waals surface area contributed by atoms with Crippen molar-refractivity contribution in [3.63, 3.8) is 0 Å². The lowest BCUT2D eigenvalue weighted by molar-refractivity contribution is 0.311. The van der Waals surface area contributed by atoms with Crippen LogP contribution < -0.4 is 15.2 Å². The quantitative estimate of drug-likeness (QED) is 0.873. The van der Waals surface area contributed by atoms with Crippen LogP contribution >= 0.6 is 0 Å². The molecule has 106 valence electrons. The molecule has 1 aromatic carbocycles. The molecule has 6 heteroatoms. The molecule has 0 atom stereocenters. The molecule has 3 rings (SSSR count). The van der Waals surface area contributed by atoms with Crippen LogP contribution in [0.2, 0.25) is 0 Å². The Morgan fingerprint density at radius 2 is 2.00 bits per heavy atom. The average Bonchev–Trinajstić information content (AvgIpc) is 2.47. The molecule has 20 heavy (non-hydrogen) atoms. The highest BCUT2D eigenvalue weighted by atomic mass is 16.5. The molecule has 0 amide bonds. The summed E-state index contributed by atoms with van der Waals surface area (Å²) in [5.74, 6) is 1.25. The number of ether oxygens (including phenoxy) is 1. The second-order valence-electron chi connectivity index (χ2n) is 5.04. The average molecular weight is 274 g/mol. The monoisotopic (exact) mass is 274 g/mol. The molecule has 2 heterocycles. The van der Waals surface area contributed by atoms with Crippen LogP contribution in [0.5, 0.6) is 5.75 Å². The van der Waals surface area contributed by atoms with Crippen molar-refractivity contribution in [2.75, 3.05) is 45.2 Å². The molecule has 2 aromatic rings. The Morgan fingerprint density at radius 3 is 2.70 bits per heavy atom. The first-order valence-corrected chi connectivity index (χ1v) is 6.69. The molecule has 0 saturated carbocycles. The number of nitrogens with one attached hydrogen (secondary N) is 1. The van der Waals surface area contributed by atoms with E-state index >= 15 is 0 Å². The van der Waals surface area contributed by atoms with Crippen LogP contribution in [0.25, 0.3) is 10.9 Å². The number of H-pyrrole nitrogens is 1. The van der Waals surface area contributed by atoms with E-state index in [2.05, 4.69) is 26.8 Å². The fourth-order valence-corrected chi connectivity index (χ4v) is 2.46. The number of para-hydroxylation sites is 1. The number of piperazine rings is 1. The zero-order valence-corrected chi connectivity index (χ0v) is 11.7. The van der Waals surface area contributed by atoms with Crippen molar-refractivity contribution < 1.29 is 4.74 Å². The van der Waals surface area contributed by atoms with E-state index in [-0.39, 0.29) is 5.56 Å². The molecule has 1 N–H and O–H groups in total. The van der Waals surface area contributed by atoms with E-state index < -0.39 is 0 Å². The normalized spacial score (nSPS) is 16.6. The van der Waals surface area contributed by atoms with Gasteiger partial charge in [0.2, 0.25) is 5.95 Å². The van der Waals surface area contributed by atoms with Crippen molar-refractivity contribution in [2.24, 2.45) is 0 Å². The number of anilines is 1. The Balaban J connectivity index is 2.07. The Bertz CT molecular complexity index is 674. The number of aromatic amines is 1. The zero-order valence-electron chi connectivity index (χ0n) is 11.7. The van der Waals surface area contributed by atoms with Crippen LogP contribution in [0, 0.1) is 0 Å². The minimum absolute atomic E-state index is 0.122. The van der Waals surface area contributed by atoms with Gasteiger partial charge in [0.25, 0.3) is 5.56 Å². The number of hydrogen-bond donors (Lipinski definition) is 1. The standard InChI is InChI=1S/C14H18N4O2/c1-17-6-8-18(9-7-17)14-15-12-10(13(19)16-14)4-3-5-11(12)20-2/h3-5H,6-9H2,1-2H3,(H,15,16,19). The SMILES string of the molecule is COc1cccc2c(=O)[nH]c(N3CCN(C)CC3)nc12. The van der Waals surface area contributed by atoms with E-state index in [1.165, 1.54) is 0 Å². The van der Waals surface area contributed by atoms with E-state index in [1.807, 2.05) is 6.07 Å². The van der Waals surface area contributed by atoms with Gasteiger partial charge in [-0.1, -0.05) is 6.07 Å². The van der Waals surface area contributed by atoms with Gasteiger partial charge in [-0.2, -0.15) is 0 Å². The van der Waals surface area contributed by atoms with Crippen LogP contribution in [-0.4, -0.2) is 55.2 Å². The topological polar surface area (TPSA) is 61.5 Å². The molecule has 0 radical (unpaired) electrons. The first-order valence-electron chi connectivity index (χ1n) is 6.69. The Hall–Kier alpha value is -2.08. The summed E-state index contributed by atoms with van der Waals surface area (Å²) in [5, 5.41) is 0.558. The van der Waals surface area contributed by atoms with Crippen LogP contribution in [0.1, 0.15) is 0 Å². The highest BCUT2D eigenvalue weighted by molar-refractivity contribution is 5.84. The number of methoxy groups -OCH3 is 1. The van der Waals surface area contributed by atoms with Crippen LogP contribution in [-0.2, 0) is 0 Å². The lowest BCUT2D eigenvalue weighted by Crippen LogP contribution is -2.45. The predicted octanol–water partition coefficient (Wildman–Crippen LogP) is 0.683. The molecule has 6 nitrogen and oxygen atoms in total. The minimum Gasteiger partial charge on any atom is -0.494 e. The van der Waals surface area contributed by atoms with Gasteiger partial charge in [-0.3, -0.25) is 9.78 Å². The number of fused-ring (bicyclic) bond motifs is 1. The summed E-state index contributed by atoms with van der Waals surface area (Å²) in [6.07, 6.45) is 0. The van der Waals surface area contributed by atoms with E-state index in [0.29, 0.717) is 22.6 Å². The number of nitrogens with zero attached hydrogens (tertiary/aromatic N) is 3. The Labute approximate surface area is 117 Å². The first kappa shape index (κ1) is 12.9. The molecular formula is C14H18N4O2. The molecule has 1 aliphatic heterocycles. The lowest BCUT2D eigenvalue weighted by Gasteiger charge is -2.32. The van der Waals surface area contributed by atoms with Gasteiger partial charge in [0.1, 0.15) is 11.3 Å². The number of aromatic nitrogens is 2. The third-order valence-electron chi connectivity index (χ3n) is 3.71. The number of hydrogen-bond acceptors (Lipinski definition) is 5. The largest absolute Gasteiger partial charge is 0.494 e. The third-order valence-corrected chi connectivity index (χ3v) is 3.71. The van der Waals surface area contributed by atoms with Gasteiger partial charge < -0.3 is 14.5 Å². The van der Waals surface area contributed by atoms with E-state index in [9.17, 15) is 4.79 Å². The minimum atomic E-state index is -0.122. The smallest absolute Gasteiger partial charge is 0.260 e. The molecule has 1 saturated heterocycles. The molecule has 0 bridgehead atoms. The number of likely N-dealkylation sites (N-methyl/N-ethyl adjacent to an activating group) is 1. The summed E-state index contributed by atoms with van der Waals surface area (Å²) in [4.78, 5) is 24.0. The summed E-state index contributed by atoms with van der Waals surface area (Å²) in [6.45, 7) is 3.65. The Morgan fingerprint density at radius 1 is 1.25 bits per heavy atom. The van der Waals surface area contributed by atoms with Crippen molar-refractivity contribution in [2.45, 2.75) is 0 Å². The van der Waals surface area contributed by atoms with Gasteiger partial charge in [-0.05, 0) is 19.2 Å². The number of benzene rings is 1. The molecule has 0 aliphatic carbocycles. The summed E-state index contributed by atoms with van der Waals surface area (Å²) < 4.78 is 5.30. The molecule has 0 unspecified atom stereocenters. The van der Waals surface area contributed by atoms with Crippen molar-refractivity contribution in [1.82, 2.24) is 14.9 Å². The van der Waals surface area contributed by atoms with Crippen LogP contribution in [0.3, 0.4) is 0 Å². The maximum Gasteiger partial charge on any atom is 0.260 e. The highest BCUT2D eigenvalue weighted by Gasteiger charge is 2.17. The second-order valence-corrected chi connectivity index (χ2v) is 5.04. The molecule has 1 fully saturated rings. The van der Waals surface area contributed by atoms with Crippen molar-refractivity contribution in [3.05, 3.63) is 28.6 Å². The van der Waals surface area contributed by atoms with Crippen molar-refractivity contribution in [1.29, 1.82) is 0 Å². The predicted molar refractivity (Wildman–Crippen MR) is 78.6 cm³/mol. The van der Waals surface area contributed by atoms with E-state index in [4.69, 9.17) is 4.74 Å². The maximum absolute atomic E-state index is 12.2. The zero-order chi connectivity index (χ0) is 14.1. The van der Waals surface area contributed by atoms with Crippen molar-refractivity contribution >= 4 is 16.9 Å². The fraction of sp³-hybridized carbons (Fsp3) is 0.429. The van der Waals surface area contributed by atoms with E-state index in [1.54, 1.807) is 19.2 Å². The van der Waals surface area contributed by atoms with Crippen LogP contribution in [0.15, 0.2) is 23.0 Å².